The molecular weight excluding hydrogens is 109 g/mol. The van der Waals surface area contributed by atoms with Crippen LogP contribution in [0.15, 0.2) is 0 Å². The van der Waals surface area contributed by atoms with Crippen LogP contribution in [0.2, 0.25) is 0 Å². The van der Waals surface area contributed by atoms with Gasteiger partial charge in [-0.15, -0.1) is 0 Å². The van der Waals surface area contributed by atoms with E-state index in [1.165, 1.54) is 0 Å². The molecule has 0 fully saturated rings. The fourth-order valence-corrected chi connectivity index (χ4v) is 0.264. The second-order valence-corrected chi connectivity index (χ2v) is 2.61. The summed E-state index contributed by atoms with van der Waals surface area (Å²) in [4.78, 5) is 4.26. The summed E-state index contributed by atoms with van der Waals surface area (Å²) in [6.07, 6.45) is 0. The van der Waals surface area contributed by atoms with Gasteiger partial charge in [-0.2, -0.15) is 0 Å². The lowest BCUT2D eigenvalue weighted by atomic mass is 9.98. The molecule has 0 saturated heterocycles. The van der Waals surface area contributed by atoms with Crippen molar-refractivity contribution in [1.82, 2.24) is 0 Å². The molecule has 0 radical (unpaired) electrons. The number of rotatable bonds is 3. The Morgan fingerprint density at radius 3 is 2.25 bits per heavy atom. The molecule has 0 rings (SSSR count). The van der Waals surface area contributed by atoms with E-state index < -0.39 is 12.1 Å². The minimum atomic E-state index is -0.422. The maximum Gasteiger partial charge on any atom is 0.0968 e. The lowest BCUT2D eigenvalue weighted by Gasteiger charge is -2.17. The molecule has 0 amide bonds. The predicted octanol–water partition coefficient (Wildman–Crippen LogP) is 0.872. The monoisotopic (exact) mass is 121 g/mol. The van der Waals surface area contributed by atoms with E-state index >= 15 is 0 Å². The zero-order valence-corrected chi connectivity index (χ0v) is 5.28. The zero-order chi connectivity index (χ0) is 6.62. The van der Waals surface area contributed by atoms with Gasteiger partial charge in [0.2, 0.25) is 0 Å². The third-order valence-electron chi connectivity index (χ3n) is 0.836. The van der Waals surface area contributed by atoms with Crippen molar-refractivity contribution in [1.29, 1.82) is 0 Å². The maximum atomic E-state index is 11.8. The average molecular weight is 121 g/mol. The Morgan fingerprint density at radius 1 is 1.62 bits per heavy atom. The third-order valence-corrected chi connectivity index (χ3v) is 0.836. The molecule has 2 N–H and O–H groups in total. The van der Waals surface area contributed by atoms with Crippen LogP contribution < -0.4 is 5.90 Å². The smallest absolute Gasteiger partial charge is 0.0968 e. The fourth-order valence-electron chi connectivity index (χ4n) is 0.264. The first-order chi connectivity index (χ1) is 3.62. The van der Waals surface area contributed by atoms with Gasteiger partial charge >= 0.3 is 0 Å². The minimum Gasteiger partial charge on any atom is -0.304 e. The summed E-state index contributed by atoms with van der Waals surface area (Å²) in [7, 11) is 0. The van der Waals surface area contributed by atoms with Crippen LogP contribution in [0.5, 0.6) is 0 Å². The Bertz CT molecular complexity index is 65.4. The van der Waals surface area contributed by atoms with Crippen molar-refractivity contribution in [2.45, 2.75) is 13.8 Å². The number of alkyl halides is 1. The summed E-state index contributed by atoms with van der Waals surface area (Å²) in [5, 5.41) is 0. The van der Waals surface area contributed by atoms with Crippen molar-refractivity contribution in [3.05, 3.63) is 0 Å². The fraction of sp³-hybridized carbons (Fsp3) is 1.00. The van der Waals surface area contributed by atoms with Crippen LogP contribution in [-0.4, -0.2) is 13.3 Å². The molecule has 0 spiro atoms. The molecule has 0 aromatic heterocycles. The Kier molecular flexibility index (Phi) is 2.94. The molecule has 0 saturated carbocycles. The highest BCUT2D eigenvalue weighted by Crippen LogP contribution is 2.13. The number of hydrogen-bond acceptors (Lipinski definition) is 2. The molecular formula is C5H12FNO. The first-order valence-corrected chi connectivity index (χ1v) is 2.50. The van der Waals surface area contributed by atoms with Gasteiger partial charge in [-0.25, -0.2) is 5.90 Å². The van der Waals surface area contributed by atoms with Crippen molar-refractivity contribution >= 4 is 0 Å². The van der Waals surface area contributed by atoms with Crippen LogP contribution in [0.25, 0.3) is 0 Å². The lowest BCUT2D eigenvalue weighted by Crippen LogP contribution is -2.23. The van der Waals surface area contributed by atoms with E-state index in [9.17, 15) is 4.39 Å². The molecule has 0 bridgehead atoms. The van der Waals surface area contributed by atoms with Crippen LogP contribution in [0.3, 0.4) is 0 Å². The minimum absolute atomic E-state index is 0.267. The molecule has 0 aliphatic rings. The molecule has 0 heterocycles. The van der Waals surface area contributed by atoms with E-state index in [1.54, 1.807) is 13.8 Å². The first kappa shape index (κ1) is 7.85. The van der Waals surface area contributed by atoms with Gasteiger partial charge in [0.15, 0.2) is 0 Å². The van der Waals surface area contributed by atoms with Crippen molar-refractivity contribution in [3.63, 3.8) is 0 Å². The van der Waals surface area contributed by atoms with Crippen molar-refractivity contribution in [2.75, 3.05) is 13.3 Å². The highest BCUT2D eigenvalue weighted by molar-refractivity contribution is 4.64. The van der Waals surface area contributed by atoms with E-state index in [2.05, 4.69) is 4.84 Å². The Balaban J connectivity index is 3.37. The summed E-state index contributed by atoms with van der Waals surface area (Å²) in [6.45, 7) is 3.37. The topological polar surface area (TPSA) is 35.2 Å². The van der Waals surface area contributed by atoms with Gasteiger partial charge in [-0.05, 0) is 0 Å². The zero-order valence-electron chi connectivity index (χ0n) is 5.28. The lowest BCUT2D eigenvalue weighted by molar-refractivity contribution is 0.0486. The van der Waals surface area contributed by atoms with Crippen molar-refractivity contribution < 1.29 is 9.23 Å². The van der Waals surface area contributed by atoms with Gasteiger partial charge in [-0.3, -0.25) is 4.39 Å². The molecule has 2 nitrogen and oxygen atoms in total. The summed E-state index contributed by atoms with van der Waals surface area (Å²) in [5.74, 6) is 4.72. The van der Waals surface area contributed by atoms with Gasteiger partial charge in [0.05, 0.1) is 13.3 Å². The van der Waals surface area contributed by atoms with Crippen LogP contribution in [0, 0.1) is 5.41 Å². The van der Waals surface area contributed by atoms with Crippen LogP contribution >= 0.6 is 0 Å². The third kappa shape index (κ3) is 2.93. The molecule has 3 heteroatoms. The van der Waals surface area contributed by atoms with Gasteiger partial charge in [0, 0.05) is 5.41 Å². The van der Waals surface area contributed by atoms with E-state index in [4.69, 9.17) is 5.90 Å². The summed E-state index contributed by atoms with van der Waals surface area (Å²) >= 11 is 0. The molecule has 0 aromatic carbocycles. The molecule has 8 heavy (non-hydrogen) atoms. The van der Waals surface area contributed by atoms with Crippen molar-refractivity contribution in [3.8, 4) is 0 Å². The maximum absolute atomic E-state index is 11.8. The Hall–Kier alpha value is -0.150. The molecule has 0 unspecified atom stereocenters. The highest BCUT2D eigenvalue weighted by atomic mass is 19.1. The SMILES string of the molecule is CC(C)(CF)CON. The first-order valence-electron chi connectivity index (χ1n) is 2.50. The highest BCUT2D eigenvalue weighted by Gasteiger charge is 2.16. The predicted molar refractivity (Wildman–Crippen MR) is 29.9 cm³/mol. The normalized spacial score (nSPS) is 12.0. The van der Waals surface area contributed by atoms with Gasteiger partial charge < -0.3 is 4.84 Å². The Morgan fingerprint density at radius 2 is 2.12 bits per heavy atom. The molecule has 0 aromatic rings. The Labute approximate surface area is 48.8 Å². The number of nitrogens with two attached hydrogens (primary N) is 1. The molecule has 50 valence electrons. The van der Waals surface area contributed by atoms with Crippen LogP contribution in [-0.2, 0) is 4.84 Å². The van der Waals surface area contributed by atoms with E-state index in [0.29, 0.717) is 0 Å². The quantitative estimate of drug-likeness (QED) is 0.562. The average Bonchev–Trinajstić information content (AvgIpc) is 1.67. The molecule has 0 atom stereocenters. The van der Waals surface area contributed by atoms with E-state index in [0.717, 1.165) is 0 Å². The number of halogens is 1. The van der Waals surface area contributed by atoms with Crippen LogP contribution in [0.4, 0.5) is 4.39 Å². The molecule has 0 aliphatic heterocycles. The standard InChI is InChI=1S/C5H12FNO/c1-5(2,3-6)4-8-7/h3-4,7H2,1-2H3. The van der Waals surface area contributed by atoms with Gasteiger partial charge in [0.25, 0.3) is 0 Å². The van der Waals surface area contributed by atoms with Gasteiger partial charge in [0.1, 0.15) is 0 Å². The largest absolute Gasteiger partial charge is 0.304 e. The number of hydrogen-bond donors (Lipinski definition) is 1. The van der Waals surface area contributed by atoms with Crippen molar-refractivity contribution in [2.24, 2.45) is 11.3 Å². The van der Waals surface area contributed by atoms with E-state index in [-0.39, 0.29) is 6.61 Å². The summed E-state index contributed by atoms with van der Waals surface area (Å²) in [6, 6.07) is 0. The summed E-state index contributed by atoms with van der Waals surface area (Å²) in [5.41, 5.74) is -0.422. The second-order valence-electron chi connectivity index (χ2n) is 2.61. The molecule has 0 aliphatic carbocycles. The van der Waals surface area contributed by atoms with Crippen LogP contribution in [0.1, 0.15) is 13.8 Å². The van der Waals surface area contributed by atoms with Gasteiger partial charge in [-0.1, -0.05) is 13.8 Å². The van der Waals surface area contributed by atoms with E-state index in [1.807, 2.05) is 0 Å². The summed E-state index contributed by atoms with van der Waals surface area (Å²) < 4.78 is 11.8. The second kappa shape index (κ2) is 2.99.